The Labute approximate surface area is 96.6 Å². The van der Waals surface area contributed by atoms with E-state index in [-0.39, 0.29) is 18.2 Å². The SMILES string of the molecule is CC(=O)NCCS(=O)(=O)N1CCN(C)CC1. The molecule has 7 heteroatoms. The van der Waals surface area contributed by atoms with E-state index in [9.17, 15) is 13.2 Å². The number of rotatable bonds is 4. The molecule has 0 aromatic rings. The minimum atomic E-state index is -3.21. The minimum absolute atomic E-state index is 0.0176. The predicted molar refractivity (Wildman–Crippen MR) is 61.5 cm³/mol. The van der Waals surface area contributed by atoms with Crippen molar-refractivity contribution < 1.29 is 13.2 Å². The van der Waals surface area contributed by atoms with Crippen LogP contribution in [0.5, 0.6) is 0 Å². The Morgan fingerprint density at radius 1 is 1.25 bits per heavy atom. The first-order chi connectivity index (χ1) is 7.42. The number of carbonyl (C=O) groups excluding carboxylic acids is 1. The molecule has 0 aromatic carbocycles. The summed E-state index contributed by atoms with van der Waals surface area (Å²) in [6.07, 6.45) is 0. The molecular formula is C9H19N3O3S. The Hall–Kier alpha value is -0.660. The van der Waals surface area contributed by atoms with Crippen molar-refractivity contribution in [3.63, 3.8) is 0 Å². The van der Waals surface area contributed by atoms with Crippen molar-refractivity contribution in [1.29, 1.82) is 0 Å². The normalized spacial score (nSPS) is 19.6. The summed E-state index contributed by atoms with van der Waals surface area (Å²) in [4.78, 5) is 12.7. The number of amides is 1. The van der Waals surface area contributed by atoms with Crippen LogP contribution in [0.2, 0.25) is 0 Å². The number of sulfonamides is 1. The smallest absolute Gasteiger partial charge is 0.216 e. The van der Waals surface area contributed by atoms with E-state index in [2.05, 4.69) is 10.2 Å². The highest BCUT2D eigenvalue weighted by molar-refractivity contribution is 7.89. The number of likely N-dealkylation sites (N-methyl/N-ethyl adjacent to an activating group) is 1. The second kappa shape index (κ2) is 5.60. The van der Waals surface area contributed by atoms with Gasteiger partial charge in [-0.25, -0.2) is 8.42 Å². The van der Waals surface area contributed by atoms with Gasteiger partial charge in [0.05, 0.1) is 5.75 Å². The maximum Gasteiger partial charge on any atom is 0.216 e. The van der Waals surface area contributed by atoms with Gasteiger partial charge in [0.15, 0.2) is 0 Å². The molecule has 1 fully saturated rings. The lowest BCUT2D eigenvalue weighted by atomic mass is 10.4. The summed E-state index contributed by atoms with van der Waals surface area (Å²) in [5, 5.41) is 2.49. The van der Waals surface area contributed by atoms with Gasteiger partial charge in [-0.15, -0.1) is 0 Å². The maximum absolute atomic E-state index is 11.8. The largest absolute Gasteiger partial charge is 0.355 e. The maximum atomic E-state index is 11.8. The van der Waals surface area contributed by atoms with Crippen LogP contribution < -0.4 is 5.32 Å². The van der Waals surface area contributed by atoms with Crippen LogP contribution in [0.15, 0.2) is 0 Å². The van der Waals surface area contributed by atoms with Gasteiger partial charge in [0.1, 0.15) is 0 Å². The molecule has 0 spiro atoms. The molecule has 1 rings (SSSR count). The van der Waals surface area contributed by atoms with Crippen molar-refractivity contribution in [2.75, 3.05) is 45.5 Å². The molecule has 1 saturated heterocycles. The Balaban J connectivity index is 2.41. The second-order valence-electron chi connectivity index (χ2n) is 4.00. The van der Waals surface area contributed by atoms with Gasteiger partial charge in [0.2, 0.25) is 15.9 Å². The van der Waals surface area contributed by atoms with Crippen molar-refractivity contribution in [2.24, 2.45) is 0 Å². The molecule has 0 aliphatic carbocycles. The summed E-state index contributed by atoms with van der Waals surface area (Å²) in [6, 6.07) is 0. The van der Waals surface area contributed by atoms with Gasteiger partial charge in [0, 0.05) is 39.6 Å². The van der Waals surface area contributed by atoms with Gasteiger partial charge < -0.3 is 10.2 Å². The molecule has 0 atom stereocenters. The number of piperazine rings is 1. The highest BCUT2D eigenvalue weighted by Gasteiger charge is 2.24. The molecule has 6 nitrogen and oxygen atoms in total. The van der Waals surface area contributed by atoms with E-state index in [1.165, 1.54) is 11.2 Å². The molecule has 0 unspecified atom stereocenters. The van der Waals surface area contributed by atoms with Crippen LogP contribution >= 0.6 is 0 Å². The Morgan fingerprint density at radius 2 is 1.81 bits per heavy atom. The first kappa shape index (κ1) is 13.4. The quantitative estimate of drug-likeness (QED) is 0.672. The molecule has 0 bridgehead atoms. The Morgan fingerprint density at radius 3 is 2.31 bits per heavy atom. The molecular weight excluding hydrogens is 230 g/mol. The fraction of sp³-hybridized carbons (Fsp3) is 0.889. The lowest BCUT2D eigenvalue weighted by Gasteiger charge is -2.31. The topological polar surface area (TPSA) is 69.7 Å². The number of nitrogens with zero attached hydrogens (tertiary/aromatic N) is 2. The Bertz CT molecular complexity index is 334. The lowest BCUT2D eigenvalue weighted by Crippen LogP contribution is -2.48. The highest BCUT2D eigenvalue weighted by atomic mass is 32.2. The van der Waals surface area contributed by atoms with Gasteiger partial charge >= 0.3 is 0 Å². The highest BCUT2D eigenvalue weighted by Crippen LogP contribution is 2.06. The third-order valence-electron chi connectivity index (χ3n) is 2.59. The van der Waals surface area contributed by atoms with E-state index < -0.39 is 10.0 Å². The van der Waals surface area contributed by atoms with E-state index in [0.29, 0.717) is 13.1 Å². The van der Waals surface area contributed by atoms with Crippen molar-refractivity contribution in [2.45, 2.75) is 6.92 Å². The van der Waals surface area contributed by atoms with E-state index in [4.69, 9.17) is 0 Å². The molecule has 0 aromatic heterocycles. The van der Waals surface area contributed by atoms with E-state index >= 15 is 0 Å². The molecule has 16 heavy (non-hydrogen) atoms. The monoisotopic (exact) mass is 249 g/mol. The second-order valence-corrected chi connectivity index (χ2v) is 6.09. The summed E-state index contributed by atoms with van der Waals surface area (Å²) >= 11 is 0. The molecule has 0 radical (unpaired) electrons. The summed E-state index contributed by atoms with van der Waals surface area (Å²) in [7, 11) is -1.24. The summed E-state index contributed by atoms with van der Waals surface area (Å²) in [6.45, 7) is 4.17. The predicted octanol–water partition coefficient (Wildman–Crippen LogP) is -1.30. The fourth-order valence-corrected chi connectivity index (χ4v) is 2.89. The van der Waals surface area contributed by atoms with E-state index in [1.54, 1.807) is 0 Å². The third-order valence-corrected chi connectivity index (χ3v) is 4.46. The van der Waals surface area contributed by atoms with Gasteiger partial charge in [-0.3, -0.25) is 4.79 Å². The van der Waals surface area contributed by atoms with Crippen molar-refractivity contribution in [3.8, 4) is 0 Å². The van der Waals surface area contributed by atoms with E-state index in [1.807, 2.05) is 7.05 Å². The third kappa shape index (κ3) is 4.07. The van der Waals surface area contributed by atoms with Crippen molar-refractivity contribution in [1.82, 2.24) is 14.5 Å². The van der Waals surface area contributed by atoms with Crippen LogP contribution in [-0.4, -0.2) is 69.1 Å². The standard InChI is InChI=1S/C9H19N3O3S/c1-9(13)10-3-8-16(14,15)12-6-4-11(2)5-7-12/h3-8H2,1-2H3,(H,10,13). The zero-order valence-corrected chi connectivity index (χ0v) is 10.6. The first-order valence-electron chi connectivity index (χ1n) is 5.32. The summed E-state index contributed by atoms with van der Waals surface area (Å²) in [5.74, 6) is -0.218. The minimum Gasteiger partial charge on any atom is -0.355 e. The van der Waals surface area contributed by atoms with Crippen LogP contribution in [0.1, 0.15) is 6.92 Å². The first-order valence-corrected chi connectivity index (χ1v) is 6.93. The fourth-order valence-electron chi connectivity index (χ4n) is 1.55. The Kier molecular flexibility index (Phi) is 4.69. The van der Waals surface area contributed by atoms with Gasteiger partial charge in [-0.1, -0.05) is 0 Å². The molecule has 1 aliphatic heterocycles. The molecule has 1 amide bonds. The molecule has 1 aliphatic rings. The van der Waals surface area contributed by atoms with E-state index in [0.717, 1.165) is 13.1 Å². The number of carbonyl (C=O) groups is 1. The molecule has 94 valence electrons. The van der Waals surface area contributed by atoms with Crippen molar-refractivity contribution >= 4 is 15.9 Å². The zero-order chi connectivity index (χ0) is 12.2. The summed E-state index contributed by atoms with van der Waals surface area (Å²) < 4.78 is 25.2. The van der Waals surface area contributed by atoms with Crippen LogP contribution in [0, 0.1) is 0 Å². The van der Waals surface area contributed by atoms with Crippen molar-refractivity contribution in [3.05, 3.63) is 0 Å². The van der Waals surface area contributed by atoms with Gasteiger partial charge in [-0.2, -0.15) is 4.31 Å². The average Bonchev–Trinajstić information content (AvgIpc) is 2.17. The molecule has 1 N–H and O–H groups in total. The van der Waals surface area contributed by atoms with Gasteiger partial charge in [0.25, 0.3) is 0 Å². The van der Waals surface area contributed by atoms with Crippen LogP contribution in [-0.2, 0) is 14.8 Å². The number of hydrogen-bond donors (Lipinski definition) is 1. The van der Waals surface area contributed by atoms with Crippen LogP contribution in [0.4, 0.5) is 0 Å². The number of hydrogen-bond acceptors (Lipinski definition) is 4. The zero-order valence-electron chi connectivity index (χ0n) is 9.77. The average molecular weight is 249 g/mol. The van der Waals surface area contributed by atoms with Crippen LogP contribution in [0.3, 0.4) is 0 Å². The number of nitrogens with one attached hydrogen (secondary N) is 1. The molecule has 1 heterocycles. The lowest BCUT2D eigenvalue weighted by molar-refractivity contribution is -0.118. The molecule has 0 saturated carbocycles. The summed E-state index contributed by atoms with van der Waals surface area (Å²) in [5.41, 5.74) is 0. The van der Waals surface area contributed by atoms with Crippen LogP contribution in [0.25, 0.3) is 0 Å². The van der Waals surface area contributed by atoms with Gasteiger partial charge in [-0.05, 0) is 7.05 Å².